The molecular weight excluding hydrogens is 424 g/mol. The number of hydrogen-bond acceptors (Lipinski definition) is 4. The predicted molar refractivity (Wildman–Crippen MR) is 137 cm³/mol. The third-order valence-electron chi connectivity index (χ3n) is 5.20. The standard InChI is InChI=1S/C25H36N2O2S2/c1-5-8-13-17-27(18-14-9-6-2)25(30)26-23-22(24(28)29-7-3)21(19(4)31-23)20-15-11-10-12-16-20/h10-12,15-16H,5-9,13-14,17-18H2,1-4H3,(H,26,30). The molecule has 0 radical (unpaired) electrons. The van der Waals surface area contributed by atoms with Crippen LogP contribution in [0, 0.1) is 6.92 Å². The van der Waals surface area contributed by atoms with Crippen LogP contribution in [0.25, 0.3) is 11.1 Å². The molecule has 0 spiro atoms. The van der Waals surface area contributed by atoms with Crippen LogP contribution in [0.1, 0.15) is 74.5 Å². The summed E-state index contributed by atoms with van der Waals surface area (Å²) in [6.07, 6.45) is 6.98. The van der Waals surface area contributed by atoms with E-state index in [9.17, 15) is 4.79 Å². The van der Waals surface area contributed by atoms with Crippen molar-refractivity contribution >= 4 is 39.6 Å². The Hall–Kier alpha value is -1.92. The molecule has 2 aromatic rings. The zero-order valence-corrected chi connectivity index (χ0v) is 21.0. The zero-order valence-electron chi connectivity index (χ0n) is 19.3. The maximum absolute atomic E-state index is 12.9. The van der Waals surface area contributed by atoms with Crippen molar-refractivity contribution in [2.75, 3.05) is 25.0 Å². The molecule has 2 rings (SSSR count). The number of esters is 1. The molecule has 0 aliphatic rings. The van der Waals surface area contributed by atoms with E-state index in [1.54, 1.807) is 11.3 Å². The summed E-state index contributed by atoms with van der Waals surface area (Å²) < 4.78 is 5.42. The van der Waals surface area contributed by atoms with Gasteiger partial charge in [-0.1, -0.05) is 69.9 Å². The number of nitrogens with one attached hydrogen (secondary N) is 1. The molecule has 0 aliphatic heterocycles. The Morgan fingerprint density at radius 2 is 1.65 bits per heavy atom. The first-order valence-electron chi connectivity index (χ1n) is 11.4. The summed E-state index contributed by atoms with van der Waals surface area (Å²) in [6.45, 7) is 10.5. The third-order valence-corrected chi connectivity index (χ3v) is 6.58. The molecule has 0 unspecified atom stereocenters. The van der Waals surface area contributed by atoms with Gasteiger partial charge in [-0.3, -0.25) is 0 Å². The minimum Gasteiger partial charge on any atom is -0.462 e. The van der Waals surface area contributed by atoms with Gasteiger partial charge in [0.05, 0.1) is 6.61 Å². The molecule has 0 amide bonds. The van der Waals surface area contributed by atoms with Crippen LogP contribution >= 0.6 is 23.6 Å². The lowest BCUT2D eigenvalue weighted by Gasteiger charge is -2.26. The van der Waals surface area contributed by atoms with Gasteiger partial charge in [0.15, 0.2) is 5.11 Å². The summed E-state index contributed by atoms with van der Waals surface area (Å²) in [5, 5.41) is 4.88. The van der Waals surface area contributed by atoms with E-state index in [-0.39, 0.29) is 5.97 Å². The second-order valence-corrected chi connectivity index (χ2v) is 9.27. The van der Waals surface area contributed by atoms with Crippen molar-refractivity contribution in [2.24, 2.45) is 0 Å². The van der Waals surface area contributed by atoms with Crippen LogP contribution in [0.2, 0.25) is 0 Å². The van der Waals surface area contributed by atoms with E-state index < -0.39 is 0 Å². The van der Waals surface area contributed by atoms with E-state index in [4.69, 9.17) is 17.0 Å². The molecule has 0 bridgehead atoms. The first-order chi connectivity index (χ1) is 15.0. The Morgan fingerprint density at radius 3 is 2.19 bits per heavy atom. The highest BCUT2D eigenvalue weighted by Gasteiger charge is 2.25. The molecule has 6 heteroatoms. The topological polar surface area (TPSA) is 41.6 Å². The van der Waals surface area contributed by atoms with E-state index in [1.165, 1.54) is 25.7 Å². The van der Waals surface area contributed by atoms with E-state index >= 15 is 0 Å². The molecule has 0 atom stereocenters. The lowest BCUT2D eigenvalue weighted by molar-refractivity contribution is 0.0529. The molecule has 170 valence electrons. The van der Waals surface area contributed by atoms with Gasteiger partial charge >= 0.3 is 5.97 Å². The first-order valence-corrected chi connectivity index (χ1v) is 12.7. The van der Waals surface area contributed by atoms with Crippen LogP contribution < -0.4 is 5.32 Å². The summed E-state index contributed by atoms with van der Waals surface area (Å²) in [7, 11) is 0. The minimum atomic E-state index is -0.306. The highest BCUT2D eigenvalue weighted by Crippen LogP contribution is 2.40. The average Bonchev–Trinajstić information content (AvgIpc) is 3.09. The van der Waals surface area contributed by atoms with Crippen molar-refractivity contribution in [3.63, 3.8) is 0 Å². The second-order valence-electron chi connectivity index (χ2n) is 7.66. The third kappa shape index (κ3) is 7.32. The summed E-state index contributed by atoms with van der Waals surface area (Å²) in [5.41, 5.74) is 2.53. The van der Waals surface area contributed by atoms with Crippen LogP contribution in [0.4, 0.5) is 5.00 Å². The molecule has 0 aliphatic carbocycles. The minimum absolute atomic E-state index is 0.306. The Kier molecular flexibility index (Phi) is 11.0. The Balaban J connectivity index is 2.32. The molecule has 1 aromatic carbocycles. The van der Waals surface area contributed by atoms with Gasteiger partial charge in [-0.05, 0) is 44.5 Å². The summed E-state index contributed by atoms with van der Waals surface area (Å²) >= 11 is 7.37. The Labute approximate surface area is 197 Å². The van der Waals surface area contributed by atoms with E-state index in [0.717, 1.165) is 46.9 Å². The highest BCUT2D eigenvalue weighted by molar-refractivity contribution is 7.80. The number of ether oxygens (including phenoxy) is 1. The van der Waals surface area contributed by atoms with Crippen LogP contribution in [0.15, 0.2) is 30.3 Å². The Bertz CT molecular complexity index is 824. The SMILES string of the molecule is CCCCCN(CCCCC)C(=S)Nc1sc(C)c(-c2ccccc2)c1C(=O)OCC. The molecule has 4 nitrogen and oxygen atoms in total. The molecular formula is C25H36N2O2S2. The van der Waals surface area contributed by atoms with Crippen molar-refractivity contribution in [1.29, 1.82) is 0 Å². The number of anilines is 1. The average molecular weight is 461 g/mol. The second kappa shape index (κ2) is 13.5. The fraction of sp³-hybridized carbons (Fsp3) is 0.520. The van der Waals surface area contributed by atoms with E-state index in [0.29, 0.717) is 17.3 Å². The van der Waals surface area contributed by atoms with Gasteiger partial charge in [0.2, 0.25) is 0 Å². The number of carbonyl (C=O) groups is 1. The van der Waals surface area contributed by atoms with Gasteiger partial charge in [0.25, 0.3) is 0 Å². The molecule has 0 saturated heterocycles. The zero-order chi connectivity index (χ0) is 22.6. The quantitative estimate of drug-likeness (QED) is 0.205. The number of benzene rings is 1. The van der Waals surface area contributed by atoms with Crippen LogP contribution in [0.3, 0.4) is 0 Å². The van der Waals surface area contributed by atoms with Crippen LogP contribution in [-0.4, -0.2) is 35.7 Å². The molecule has 31 heavy (non-hydrogen) atoms. The number of nitrogens with zero attached hydrogens (tertiary/aromatic N) is 1. The van der Waals surface area contributed by atoms with Gasteiger partial charge in [0, 0.05) is 23.5 Å². The number of unbranched alkanes of at least 4 members (excludes halogenated alkanes) is 4. The van der Waals surface area contributed by atoms with E-state index in [1.807, 2.05) is 44.2 Å². The van der Waals surface area contributed by atoms with Gasteiger partial charge in [-0.2, -0.15) is 0 Å². The van der Waals surface area contributed by atoms with Gasteiger partial charge in [0.1, 0.15) is 10.6 Å². The maximum atomic E-state index is 12.9. The largest absolute Gasteiger partial charge is 0.462 e. The smallest absolute Gasteiger partial charge is 0.341 e. The molecule has 0 saturated carbocycles. The number of carbonyl (C=O) groups excluding carboxylic acids is 1. The van der Waals surface area contributed by atoms with Crippen molar-refractivity contribution in [3.05, 3.63) is 40.8 Å². The van der Waals surface area contributed by atoms with Crippen molar-refractivity contribution in [2.45, 2.75) is 66.2 Å². The number of thiophene rings is 1. The molecule has 0 fully saturated rings. The first kappa shape index (κ1) is 25.3. The maximum Gasteiger partial charge on any atom is 0.341 e. The summed E-state index contributed by atoms with van der Waals surface area (Å²) in [4.78, 5) is 16.3. The van der Waals surface area contributed by atoms with Gasteiger partial charge in [-0.25, -0.2) is 4.79 Å². The lowest BCUT2D eigenvalue weighted by Crippen LogP contribution is -2.36. The summed E-state index contributed by atoms with van der Waals surface area (Å²) in [6, 6.07) is 10.0. The van der Waals surface area contributed by atoms with Crippen LogP contribution in [0.5, 0.6) is 0 Å². The van der Waals surface area contributed by atoms with Crippen molar-refractivity contribution in [1.82, 2.24) is 4.90 Å². The molecule has 1 heterocycles. The molecule has 1 aromatic heterocycles. The van der Waals surface area contributed by atoms with Crippen molar-refractivity contribution in [3.8, 4) is 11.1 Å². The normalized spacial score (nSPS) is 10.7. The lowest BCUT2D eigenvalue weighted by atomic mass is 10.0. The number of thiocarbonyl (C=S) groups is 1. The number of rotatable bonds is 12. The highest BCUT2D eigenvalue weighted by atomic mass is 32.1. The fourth-order valence-corrected chi connectivity index (χ4v) is 4.99. The van der Waals surface area contributed by atoms with E-state index in [2.05, 4.69) is 24.1 Å². The number of aryl methyl sites for hydroxylation is 1. The van der Waals surface area contributed by atoms with Crippen molar-refractivity contribution < 1.29 is 9.53 Å². The fourth-order valence-electron chi connectivity index (χ4n) is 3.58. The Morgan fingerprint density at radius 1 is 1.03 bits per heavy atom. The van der Waals surface area contributed by atoms with Crippen LogP contribution in [-0.2, 0) is 4.74 Å². The number of hydrogen-bond donors (Lipinski definition) is 1. The van der Waals surface area contributed by atoms with Gasteiger partial charge in [-0.15, -0.1) is 11.3 Å². The predicted octanol–water partition coefficient (Wildman–Crippen LogP) is 7.28. The van der Waals surface area contributed by atoms with Gasteiger partial charge < -0.3 is 15.0 Å². The monoisotopic (exact) mass is 460 g/mol. The summed E-state index contributed by atoms with van der Waals surface area (Å²) in [5.74, 6) is -0.306. The molecule has 1 N–H and O–H groups in total.